The SMILES string of the molecule is Cc1ccnc2sc(C(=O)NC(C)CS(C)(=O)=O)c(N)c12. The molecule has 21 heavy (non-hydrogen) atoms. The van der Waals surface area contributed by atoms with E-state index in [1.165, 1.54) is 11.3 Å². The summed E-state index contributed by atoms with van der Waals surface area (Å²) < 4.78 is 22.5. The van der Waals surface area contributed by atoms with E-state index in [9.17, 15) is 13.2 Å². The van der Waals surface area contributed by atoms with Gasteiger partial charge in [0.05, 0.1) is 11.4 Å². The van der Waals surface area contributed by atoms with E-state index in [0.29, 0.717) is 15.4 Å². The van der Waals surface area contributed by atoms with Crippen LogP contribution in [0.3, 0.4) is 0 Å². The fourth-order valence-electron chi connectivity index (χ4n) is 2.16. The number of nitrogen functional groups attached to an aromatic ring is 1. The van der Waals surface area contributed by atoms with Crippen LogP contribution in [0.15, 0.2) is 12.3 Å². The first-order valence-electron chi connectivity index (χ1n) is 6.31. The number of aryl methyl sites for hydroxylation is 1. The number of rotatable bonds is 4. The highest BCUT2D eigenvalue weighted by Gasteiger charge is 2.20. The zero-order valence-electron chi connectivity index (χ0n) is 12.0. The lowest BCUT2D eigenvalue weighted by Gasteiger charge is -2.12. The molecule has 0 aromatic carbocycles. The molecule has 114 valence electrons. The zero-order chi connectivity index (χ0) is 15.8. The summed E-state index contributed by atoms with van der Waals surface area (Å²) in [6, 6.07) is 1.35. The highest BCUT2D eigenvalue weighted by atomic mass is 32.2. The van der Waals surface area contributed by atoms with Crippen molar-refractivity contribution in [2.45, 2.75) is 19.9 Å². The van der Waals surface area contributed by atoms with Gasteiger partial charge < -0.3 is 11.1 Å². The molecule has 1 unspecified atom stereocenters. The van der Waals surface area contributed by atoms with Crippen LogP contribution in [-0.2, 0) is 9.84 Å². The van der Waals surface area contributed by atoms with Gasteiger partial charge in [-0.2, -0.15) is 0 Å². The topological polar surface area (TPSA) is 102 Å². The molecule has 2 aromatic rings. The summed E-state index contributed by atoms with van der Waals surface area (Å²) >= 11 is 1.21. The Morgan fingerprint density at radius 2 is 2.19 bits per heavy atom. The lowest BCUT2D eigenvalue weighted by molar-refractivity contribution is 0.0948. The summed E-state index contributed by atoms with van der Waals surface area (Å²) in [5.41, 5.74) is 7.38. The van der Waals surface area contributed by atoms with Gasteiger partial charge in [-0.05, 0) is 25.5 Å². The molecule has 0 fully saturated rings. The number of pyridine rings is 1. The molecule has 0 aliphatic heterocycles. The number of amides is 1. The van der Waals surface area contributed by atoms with Crippen LogP contribution in [-0.4, -0.2) is 37.4 Å². The Bertz CT molecular complexity index is 796. The molecule has 0 bridgehead atoms. The Kier molecular flexibility index (Phi) is 4.20. The summed E-state index contributed by atoms with van der Waals surface area (Å²) in [5.74, 6) is -0.480. The Morgan fingerprint density at radius 3 is 2.76 bits per heavy atom. The van der Waals surface area contributed by atoms with Crippen LogP contribution in [0.2, 0.25) is 0 Å². The van der Waals surface area contributed by atoms with Crippen molar-refractivity contribution in [3.8, 4) is 0 Å². The number of hydrogen-bond acceptors (Lipinski definition) is 6. The van der Waals surface area contributed by atoms with Crippen LogP contribution in [0, 0.1) is 6.92 Å². The van der Waals surface area contributed by atoms with Gasteiger partial charge in [-0.3, -0.25) is 4.79 Å². The van der Waals surface area contributed by atoms with E-state index in [4.69, 9.17) is 5.73 Å². The van der Waals surface area contributed by atoms with E-state index < -0.39 is 15.9 Å². The molecule has 0 radical (unpaired) electrons. The van der Waals surface area contributed by atoms with Crippen LogP contribution in [0.1, 0.15) is 22.2 Å². The first kappa shape index (κ1) is 15.7. The minimum absolute atomic E-state index is 0.110. The van der Waals surface area contributed by atoms with Gasteiger partial charge in [-0.15, -0.1) is 11.3 Å². The van der Waals surface area contributed by atoms with Gasteiger partial charge in [0.25, 0.3) is 5.91 Å². The van der Waals surface area contributed by atoms with Gasteiger partial charge in [-0.25, -0.2) is 13.4 Å². The van der Waals surface area contributed by atoms with E-state index in [0.717, 1.165) is 17.2 Å². The Labute approximate surface area is 127 Å². The van der Waals surface area contributed by atoms with Crippen LogP contribution in [0.4, 0.5) is 5.69 Å². The fourth-order valence-corrected chi connectivity index (χ4v) is 4.19. The van der Waals surface area contributed by atoms with E-state index >= 15 is 0 Å². The van der Waals surface area contributed by atoms with Crippen LogP contribution < -0.4 is 11.1 Å². The number of hydrogen-bond donors (Lipinski definition) is 2. The normalized spacial score (nSPS) is 13.3. The van der Waals surface area contributed by atoms with Crippen LogP contribution in [0.5, 0.6) is 0 Å². The van der Waals surface area contributed by atoms with Gasteiger partial charge in [-0.1, -0.05) is 0 Å². The lowest BCUT2D eigenvalue weighted by atomic mass is 10.1. The fraction of sp³-hybridized carbons (Fsp3) is 0.385. The average molecular weight is 327 g/mol. The van der Waals surface area contributed by atoms with Crippen molar-refractivity contribution >= 4 is 43.0 Å². The molecule has 0 saturated carbocycles. The largest absolute Gasteiger partial charge is 0.397 e. The number of sulfone groups is 1. The Balaban J connectivity index is 2.28. The minimum atomic E-state index is -3.15. The van der Waals surface area contributed by atoms with E-state index in [2.05, 4.69) is 10.3 Å². The predicted molar refractivity (Wildman–Crippen MR) is 85.4 cm³/mol. The Hall–Kier alpha value is -1.67. The number of nitrogens with two attached hydrogens (primary N) is 1. The number of nitrogens with one attached hydrogen (secondary N) is 1. The maximum Gasteiger partial charge on any atom is 0.263 e. The van der Waals surface area contributed by atoms with Gasteiger partial charge in [0.15, 0.2) is 0 Å². The summed E-state index contributed by atoms with van der Waals surface area (Å²) in [7, 11) is -3.15. The zero-order valence-corrected chi connectivity index (χ0v) is 13.6. The number of carbonyl (C=O) groups is 1. The number of carbonyl (C=O) groups excluding carboxylic acids is 1. The number of fused-ring (bicyclic) bond motifs is 1. The molecule has 0 spiro atoms. The van der Waals surface area contributed by atoms with Crippen LogP contribution >= 0.6 is 11.3 Å². The summed E-state index contributed by atoms with van der Waals surface area (Å²) in [4.78, 5) is 17.5. The minimum Gasteiger partial charge on any atom is -0.397 e. The average Bonchev–Trinajstić information content (AvgIpc) is 2.65. The first-order chi connectivity index (χ1) is 9.69. The molecule has 1 amide bonds. The van der Waals surface area contributed by atoms with Gasteiger partial charge in [0, 0.05) is 23.9 Å². The summed E-state index contributed by atoms with van der Waals surface area (Å²) in [6.07, 6.45) is 2.80. The maximum atomic E-state index is 12.2. The molecule has 3 N–H and O–H groups in total. The molecular weight excluding hydrogens is 310 g/mol. The molecule has 2 heterocycles. The quantitative estimate of drug-likeness (QED) is 0.882. The van der Waals surface area contributed by atoms with Gasteiger partial charge >= 0.3 is 0 Å². The molecule has 2 aromatic heterocycles. The molecule has 8 heteroatoms. The molecule has 0 aliphatic rings. The molecule has 1 atom stereocenters. The van der Waals surface area contributed by atoms with Crippen molar-refractivity contribution in [1.82, 2.24) is 10.3 Å². The van der Waals surface area contributed by atoms with E-state index in [-0.39, 0.29) is 11.7 Å². The van der Waals surface area contributed by atoms with Crippen molar-refractivity contribution in [2.24, 2.45) is 0 Å². The highest BCUT2D eigenvalue weighted by Crippen LogP contribution is 2.34. The molecule has 2 rings (SSSR count). The number of nitrogens with zero attached hydrogens (tertiary/aromatic N) is 1. The number of anilines is 1. The highest BCUT2D eigenvalue weighted by molar-refractivity contribution is 7.90. The van der Waals surface area contributed by atoms with Gasteiger partial charge in [0.1, 0.15) is 19.5 Å². The van der Waals surface area contributed by atoms with Crippen molar-refractivity contribution in [2.75, 3.05) is 17.7 Å². The predicted octanol–water partition coefficient (Wildman–Crippen LogP) is 1.35. The smallest absolute Gasteiger partial charge is 0.263 e. The number of aromatic nitrogens is 1. The van der Waals surface area contributed by atoms with Gasteiger partial charge in [0.2, 0.25) is 0 Å². The second-order valence-electron chi connectivity index (χ2n) is 5.12. The molecule has 0 aliphatic carbocycles. The summed E-state index contributed by atoms with van der Waals surface area (Å²) in [6.45, 7) is 3.55. The second-order valence-corrected chi connectivity index (χ2v) is 8.30. The monoisotopic (exact) mass is 327 g/mol. The van der Waals surface area contributed by atoms with Crippen LogP contribution in [0.25, 0.3) is 10.2 Å². The third-order valence-electron chi connectivity index (χ3n) is 2.97. The first-order valence-corrected chi connectivity index (χ1v) is 9.19. The third-order valence-corrected chi connectivity index (χ3v) is 5.19. The Morgan fingerprint density at radius 1 is 1.52 bits per heavy atom. The number of thiophene rings is 1. The van der Waals surface area contributed by atoms with Crippen molar-refractivity contribution in [3.63, 3.8) is 0 Å². The molecule has 6 nitrogen and oxygen atoms in total. The third kappa shape index (κ3) is 3.51. The standard InChI is InChI=1S/C13H17N3O3S2/c1-7-4-5-15-13-9(7)10(14)11(20-13)12(17)16-8(2)6-21(3,18)19/h4-5,8H,6,14H2,1-3H3,(H,16,17). The lowest BCUT2D eigenvalue weighted by Crippen LogP contribution is -2.37. The van der Waals surface area contributed by atoms with E-state index in [1.54, 1.807) is 13.1 Å². The summed E-state index contributed by atoms with van der Waals surface area (Å²) in [5, 5.41) is 3.44. The second kappa shape index (κ2) is 5.61. The van der Waals surface area contributed by atoms with E-state index in [1.807, 2.05) is 13.0 Å². The van der Waals surface area contributed by atoms with Crippen molar-refractivity contribution < 1.29 is 13.2 Å². The van der Waals surface area contributed by atoms with Crippen molar-refractivity contribution in [1.29, 1.82) is 0 Å². The molecule has 0 saturated heterocycles. The van der Waals surface area contributed by atoms with Crippen molar-refractivity contribution in [3.05, 3.63) is 22.7 Å². The molecular formula is C13H17N3O3S2. The maximum absolute atomic E-state index is 12.2.